The third-order valence-electron chi connectivity index (χ3n) is 1.64. The Bertz CT molecular complexity index is 325. The van der Waals surface area contributed by atoms with E-state index < -0.39 is 0 Å². The summed E-state index contributed by atoms with van der Waals surface area (Å²) in [7, 11) is 0. The fraction of sp³-hybridized carbons (Fsp3) is 0.222. The Labute approximate surface area is 96.9 Å². The molecule has 1 rings (SSSR count). The lowest BCUT2D eigenvalue weighted by molar-refractivity contribution is 0.0986. The van der Waals surface area contributed by atoms with Crippen LogP contribution in [0.25, 0.3) is 0 Å². The second-order valence-electron chi connectivity index (χ2n) is 2.54. The van der Waals surface area contributed by atoms with E-state index >= 15 is 0 Å². The van der Waals surface area contributed by atoms with Crippen LogP contribution in [0.1, 0.15) is 16.8 Å². The summed E-state index contributed by atoms with van der Waals surface area (Å²) in [6, 6.07) is 5.40. The highest BCUT2D eigenvalue weighted by atomic mass is 79.9. The van der Waals surface area contributed by atoms with Crippen molar-refractivity contribution >= 4 is 47.0 Å². The highest BCUT2D eigenvalue weighted by Crippen LogP contribution is 2.23. The Balaban J connectivity index is 3.01. The van der Waals surface area contributed by atoms with Crippen LogP contribution in [0.4, 0.5) is 0 Å². The largest absolute Gasteiger partial charge is 0.294 e. The molecule has 70 valence electrons. The van der Waals surface area contributed by atoms with Crippen molar-refractivity contribution in [1.82, 2.24) is 0 Å². The summed E-state index contributed by atoms with van der Waals surface area (Å²) < 4.78 is 0. The predicted molar refractivity (Wildman–Crippen MR) is 63.7 cm³/mol. The van der Waals surface area contributed by atoms with Crippen molar-refractivity contribution in [1.29, 1.82) is 0 Å². The Morgan fingerprint density at radius 2 is 2.08 bits per heavy atom. The quantitative estimate of drug-likeness (QED) is 0.493. The lowest BCUT2D eigenvalue weighted by Crippen LogP contribution is -2.01. The molecule has 0 aliphatic carbocycles. The Kier molecular flexibility index (Phi) is 4.35. The second-order valence-corrected chi connectivity index (χ2v) is 4.26. The van der Waals surface area contributed by atoms with Crippen molar-refractivity contribution in [2.24, 2.45) is 0 Å². The molecule has 1 nitrogen and oxygen atoms in total. The van der Waals surface area contributed by atoms with Gasteiger partial charge in [-0.3, -0.25) is 4.79 Å². The Morgan fingerprint density at radius 1 is 1.38 bits per heavy atom. The van der Waals surface area contributed by atoms with Gasteiger partial charge in [0.15, 0.2) is 5.78 Å². The molecule has 0 amide bonds. The van der Waals surface area contributed by atoms with E-state index in [4.69, 9.17) is 0 Å². The summed E-state index contributed by atoms with van der Waals surface area (Å²) in [6.45, 7) is 0. The number of thiol groups is 2. The van der Waals surface area contributed by atoms with Gasteiger partial charge in [0.05, 0.1) is 0 Å². The SMILES string of the molecule is O=C(CCBr)c1cccc(S)c1S. The average Bonchev–Trinajstić information content (AvgIpc) is 2.10. The van der Waals surface area contributed by atoms with Gasteiger partial charge in [0.2, 0.25) is 0 Å². The van der Waals surface area contributed by atoms with Crippen molar-refractivity contribution in [3.05, 3.63) is 23.8 Å². The lowest BCUT2D eigenvalue weighted by Gasteiger charge is -2.04. The van der Waals surface area contributed by atoms with Crippen LogP contribution >= 0.6 is 41.2 Å². The summed E-state index contributed by atoms with van der Waals surface area (Å²) in [6.07, 6.45) is 0.491. The van der Waals surface area contributed by atoms with E-state index in [1.807, 2.05) is 12.1 Å². The number of Topliss-reactive ketones (excluding diaryl/α,β-unsaturated/α-hetero) is 1. The van der Waals surface area contributed by atoms with E-state index in [1.165, 1.54) is 0 Å². The molecule has 13 heavy (non-hydrogen) atoms. The van der Waals surface area contributed by atoms with Crippen molar-refractivity contribution < 1.29 is 4.79 Å². The fourth-order valence-corrected chi connectivity index (χ4v) is 1.82. The van der Waals surface area contributed by atoms with Gasteiger partial charge in [0.1, 0.15) is 0 Å². The number of ketones is 1. The van der Waals surface area contributed by atoms with Crippen LogP contribution in [-0.2, 0) is 0 Å². The highest BCUT2D eigenvalue weighted by molar-refractivity contribution is 9.09. The monoisotopic (exact) mass is 276 g/mol. The maximum Gasteiger partial charge on any atom is 0.164 e. The minimum atomic E-state index is 0.0952. The first-order chi connectivity index (χ1) is 6.16. The number of benzene rings is 1. The highest BCUT2D eigenvalue weighted by Gasteiger charge is 2.09. The molecular weight excluding hydrogens is 268 g/mol. The summed E-state index contributed by atoms with van der Waals surface area (Å²) >= 11 is 11.6. The third-order valence-corrected chi connectivity index (χ3v) is 3.06. The molecule has 0 fully saturated rings. The molecule has 0 atom stereocenters. The number of alkyl halides is 1. The van der Waals surface area contributed by atoms with Crippen molar-refractivity contribution in [2.45, 2.75) is 16.2 Å². The minimum absolute atomic E-state index is 0.0952. The van der Waals surface area contributed by atoms with Gasteiger partial charge in [-0.05, 0) is 6.07 Å². The normalized spacial score (nSPS) is 10.1. The molecule has 1 aromatic carbocycles. The van der Waals surface area contributed by atoms with Gasteiger partial charge in [-0.1, -0.05) is 28.1 Å². The maximum absolute atomic E-state index is 11.5. The van der Waals surface area contributed by atoms with Gasteiger partial charge >= 0.3 is 0 Å². The second kappa shape index (κ2) is 5.08. The Morgan fingerprint density at radius 3 is 2.69 bits per heavy atom. The lowest BCUT2D eigenvalue weighted by atomic mass is 10.1. The number of hydrogen-bond donors (Lipinski definition) is 2. The molecule has 1 aromatic rings. The molecular formula is C9H9BrOS2. The van der Waals surface area contributed by atoms with Crippen LogP contribution in [0.2, 0.25) is 0 Å². The molecule has 0 radical (unpaired) electrons. The predicted octanol–water partition coefficient (Wildman–Crippen LogP) is 3.23. The van der Waals surface area contributed by atoms with Crippen molar-refractivity contribution in [3.63, 3.8) is 0 Å². The summed E-state index contributed by atoms with van der Waals surface area (Å²) in [4.78, 5) is 12.9. The van der Waals surface area contributed by atoms with Crippen LogP contribution in [0.3, 0.4) is 0 Å². The summed E-state index contributed by atoms with van der Waals surface area (Å²) in [5, 5.41) is 0.676. The first-order valence-electron chi connectivity index (χ1n) is 3.77. The molecule has 0 aliphatic rings. The molecule has 0 spiro atoms. The smallest absolute Gasteiger partial charge is 0.164 e. The molecule has 0 aliphatic heterocycles. The molecule has 4 heteroatoms. The van der Waals surface area contributed by atoms with E-state index in [9.17, 15) is 4.79 Å². The molecule has 0 saturated carbocycles. The number of hydrogen-bond acceptors (Lipinski definition) is 3. The van der Waals surface area contributed by atoms with Gasteiger partial charge in [-0.15, -0.1) is 25.3 Å². The van der Waals surface area contributed by atoms with E-state index in [-0.39, 0.29) is 5.78 Å². The maximum atomic E-state index is 11.5. The summed E-state index contributed by atoms with van der Waals surface area (Å²) in [5.74, 6) is 0.0952. The Hall–Kier alpha value is 0.0700. The number of halogens is 1. The fourth-order valence-electron chi connectivity index (χ4n) is 0.977. The zero-order chi connectivity index (χ0) is 9.84. The molecule has 0 aromatic heterocycles. The number of rotatable bonds is 3. The van der Waals surface area contributed by atoms with Crippen molar-refractivity contribution in [3.8, 4) is 0 Å². The van der Waals surface area contributed by atoms with Crippen LogP contribution in [-0.4, -0.2) is 11.1 Å². The van der Waals surface area contributed by atoms with Crippen LogP contribution < -0.4 is 0 Å². The number of carbonyl (C=O) groups is 1. The van der Waals surface area contributed by atoms with E-state index in [0.717, 1.165) is 4.90 Å². The topological polar surface area (TPSA) is 17.1 Å². The van der Waals surface area contributed by atoms with Crippen LogP contribution in [0.15, 0.2) is 28.0 Å². The molecule has 0 unspecified atom stereocenters. The van der Waals surface area contributed by atoms with Crippen LogP contribution in [0.5, 0.6) is 0 Å². The zero-order valence-electron chi connectivity index (χ0n) is 6.83. The van der Waals surface area contributed by atoms with Gasteiger partial charge in [-0.25, -0.2) is 0 Å². The van der Waals surface area contributed by atoms with Crippen LogP contribution in [0, 0.1) is 0 Å². The minimum Gasteiger partial charge on any atom is -0.294 e. The summed E-state index contributed by atoms with van der Waals surface area (Å²) in [5.41, 5.74) is 0.648. The molecule has 0 N–H and O–H groups in total. The van der Waals surface area contributed by atoms with Gasteiger partial charge < -0.3 is 0 Å². The van der Waals surface area contributed by atoms with Crippen molar-refractivity contribution in [2.75, 3.05) is 5.33 Å². The van der Waals surface area contributed by atoms with Gasteiger partial charge in [0.25, 0.3) is 0 Å². The first-order valence-corrected chi connectivity index (χ1v) is 5.78. The average molecular weight is 277 g/mol. The van der Waals surface area contributed by atoms with E-state index in [0.29, 0.717) is 22.2 Å². The first kappa shape index (κ1) is 11.1. The van der Waals surface area contributed by atoms with E-state index in [1.54, 1.807) is 6.07 Å². The van der Waals surface area contributed by atoms with Gasteiger partial charge in [-0.2, -0.15) is 0 Å². The number of carbonyl (C=O) groups excluding carboxylic acids is 1. The molecule has 0 saturated heterocycles. The molecule has 0 heterocycles. The standard InChI is InChI=1S/C9H9BrOS2/c10-5-4-7(11)6-2-1-3-8(12)9(6)13/h1-3,12-13H,4-5H2. The third kappa shape index (κ3) is 2.76. The molecule has 0 bridgehead atoms. The van der Waals surface area contributed by atoms with E-state index in [2.05, 4.69) is 41.2 Å². The van der Waals surface area contributed by atoms with Gasteiger partial charge in [0, 0.05) is 27.1 Å². The zero-order valence-corrected chi connectivity index (χ0v) is 10.2.